The number of benzene rings is 1. The summed E-state index contributed by atoms with van der Waals surface area (Å²) >= 11 is 0. The van der Waals surface area contributed by atoms with E-state index in [2.05, 4.69) is 4.98 Å². The average Bonchev–Trinajstić information content (AvgIpc) is 2.63. The number of fused-ring (bicyclic) bond motifs is 4. The monoisotopic (exact) mass is 341 g/mol. The molecule has 0 radical (unpaired) electrons. The highest BCUT2D eigenvalue weighted by molar-refractivity contribution is 6.08. The molecular weight excluding hydrogens is 322 g/mol. The first kappa shape index (κ1) is 15.8. The molecule has 6 heteroatoms. The summed E-state index contributed by atoms with van der Waals surface area (Å²) in [5.41, 5.74) is 1.47. The van der Waals surface area contributed by atoms with Crippen LogP contribution in [-0.2, 0) is 4.74 Å². The number of nitrogens with zero attached hydrogens (tertiary/aromatic N) is 1. The molecule has 0 spiro atoms. The van der Waals surface area contributed by atoms with Crippen molar-refractivity contribution in [3.8, 4) is 17.2 Å². The van der Waals surface area contributed by atoms with Gasteiger partial charge in [-0.2, -0.15) is 0 Å². The summed E-state index contributed by atoms with van der Waals surface area (Å²) in [5, 5.41) is 11.9. The van der Waals surface area contributed by atoms with Gasteiger partial charge in [0.2, 0.25) is 5.75 Å². The Bertz CT molecular complexity index is 916. The topological polar surface area (TPSA) is 70.0 Å². The smallest absolute Gasteiger partial charge is 0.204 e. The highest BCUT2D eigenvalue weighted by atomic mass is 16.5. The van der Waals surface area contributed by atoms with Gasteiger partial charge in [-0.05, 0) is 31.1 Å². The Balaban J connectivity index is 2.19. The minimum absolute atomic E-state index is 0.458. The molecule has 3 heterocycles. The number of pyridine rings is 1. The molecule has 1 aromatic heterocycles. The van der Waals surface area contributed by atoms with Crippen molar-refractivity contribution >= 4 is 22.3 Å². The molecule has 1 unspecified atom stereocenters. The number of rotatable bonds is 3. The highest BCUT2D eigenvalue weighted by Gasteiger charge is 2.32. The van der Waals surface area contributed by atoms with Gasteiger partial charge in [0.05, 0.1) is 33.0 Å². The summed E-state index contributed by atoms with van der Waals surface area (Å²) < 4.78 is 22.9. The SMILES string of the molecule is COc1c(OC)c2c3c(nccc3c1OC)/C1=C/CC(O)C/C=C/2O1. The second-order valence-corrected chi connectivity index (χ2v) is 5.92. The van der Waals surface area contributed by atoms with Crippen LogP contribution >= 0.6 is 0 Å². The van der Waals surface area contributed by atoms with E-state index in [9.17, 15) is 5.11 Å². The fourth-order valence-electron chi connectivity index (χ4n) is 3.44. The number of ether oxygens (including phenoxy) is 4. The summed E-state index contributed by atoms with van der Waals surface area (Å²) in [6, 6.07) is 1.89. The van der Waals surface area contributed by atoms with E-state index in [1.54, 1.807) is 27.5 Å². The lowest BCUT2D eigenvalue weighted by Crippen LogP contribution is -2.13. The Hall–Kier alpha value is -2.73. The van der Waals surface area contributed by atoms with Crippen LogP contribution in [0, 0.1) is 0 Å². The van der Waals surface area contributed by atoms with Crippen LogP contribution in [0.2, 0.25) is 0 Å². The van der Waals surface area contributed by atoms with E-state index in [1.165, 1.54) is 0 Å². The molecule has 25 heavy (non-hydrogen) atoms. The average molecular weight is 341 g/mol. The molecule has 0 saturated carbocycles. The molecule has 2 aliphatic heterocycles. The molecule has 0 aliphatic carbocycles. The van der Waals surface area contributed by atoms with Gasteiger partial charge in [0.15, 0.2) is 11.5 Å². The van der Waals surface area contributed by atoms with Crippen molar-refractivity contribution < 1.29 is 24.1 Å². The molecule has 0 amide bonds. The fourth-order valence-corrected chi connectivity index (χ4v) is 3.44. The van der Waals surface area contributed by atoms with Crippen molar-refractivity contribution in [2.45, 2.75) is 18.9 Å². The molecule has 130 valence electrons. The lowest BCUT2D eigenvalue weighted by Gasteiger charge is -2.28. The van der Waals surface area contributed by atoms with E-state index in [1.807, 2.05) is 18.2 Å². The molecule has 2 bridgehead atoms. The zero-order valence-corrected chi connectivity index (χ0v) is 14.3. The third-order valence-corrected chi connectivity index (χ3v) is 4.55. The molecular formula is C19H19NO5. The van der Waals surface area contributed by atoms with Crippen LogP contribution in [0.4, 0.5) is 0 Å². The third kappa shape index (κ3) is 2.25. The van der Waals surface area contributed by atoms with Crippen molar-refractivity contribution in [3.63, 3.8) is 0 Å². The van der Waals surface area contributed by atoms with Crippen LogP contribution in [-0.4, -0.2) is 37.5 Å². The number of aromatic nitrogens is 1. The molecule has 6 nitrogen and oxygen atoms in total. The van der Waals surface area contributed by atoms with Crippen LogP contribution < -0.4 is 14.2 Å². The number of hydrogen-bond donors (Lipinski definition) is 1. The van der Waals surface area contributed by atoms with Gasteiger partial charge < -0.3 is 24.1 Å². The van der Waals surface area contributed by atoms with Gasteiger partial charge in [0.25, 0.3) is 0 Å². The summed E-state index contributed by atoms with van der Waals surface area (Å²) in [6.07, 6.45) is 6.03. The lowest BCUT2D eigenvalue weighted by atomic mass is 9.93. The summed E-state index contributed by atoms with van der Waals surface area (Å²) in [5.74, 6) is 2.90. The molecule has 2 aromatic rings. The fraction of sp³-hybridized carbons (Fsp3) is 0.316. The van der Waals surface area contributed by atoms with Crippen LogP contribution in [0.1, 0.15) is 24.1 Å². The Kier molecular flexibility index (Phi) is 3.77. The van der Waals surface area contributed by atoms with E-state index >= 15 is 0 Å². The van der Waals surface area contributed by atoms with Gasteiger partial charge >= 0.3 is 0 Å². The van der Waals surface area contributed by atoms with Gasteiger partial charge in [-0.25, -0.2) is 0 Å². The van der Waals surface area contributed by atoms with Crippen molar-refractivity contribution in [1.82, 2.24) is 4.98 Å². The molecule has 2 aliphatic rings. The summed E-state index contributed by atoms with van der Waals surface area (Å²) in [7, 11) is 4.76. The van der Waals surface area contributed by atoms with Crippen LogP contribution in [0.3, 0.4) is 0 Å². The van der Waals surface area contributed by atoms with Crippen LogP contribution in [0.25, 0.3) is 22.3 Å². The standard InChI is InChI=1S/C19H19NO5/c1-22-17-11-8-9-20-16-13-7-5-10(21)4-6-12(25-13)15(14(11)16)18(23-2)19(17)24-3/h6-10,21H,4-5H2,1-3H3/b12-6-,13-7-. The van der Waals surface area contributed by atoms with Gasteiger partial charge in [0, 0.05) is 17.0 Å². The minimum Gasteiger partial charge on any atom is -0.492 e. The Morgan fingerprint density at radius 2 is 1.68 bits per heavy atom. The normalized spacial score (nSPS) is 22.6. The Morgan fingerprint density at radius 1 is 1.00 bits per heavy atom. The van der Waals surface area contributed by atoms with E-state index in [0.717, 1.165) is 16.3 Å². The summed E-state index contributed by atoms with van der Waals surface area (Å²) in [6.45, 7) is 0. The molecule has 4 rings (SSSR count). The first-order valence-corrected chi connectivity index (χ1v) is 8.07. The maximum absolute atomic E-state index is 10.1. The van der Waals surface area contributed by atoms with E-state index in [0.29, 0.717) is 47.3 Å². The van der Waals surface area contributed by atoms with Gasteiger partial charge in [-0.3, -0.25) is 4.98 Å². The van der Waals surface area contributed by atoms with Crippen LogP contribution in [0.15, 0.2) is 24.4 Å². The first-order chi connectivity index (χ1) is 12.2. The zero-order chi connectivity index (χ0) is 17.6. The predicted octanol–water partition coefficient (Wildman–Crippen LogP) is 3.13. The minimum atomic E-state index is -0.458. The van der Waals surface area contributed by atoms with Crippen molar-refractivity contribution in [2.24, 2.45) is 0 Å². The van der Waals surface area contributed by atoms with E-state index < -0.39 is 6.10 Å². The van der Waals surface area contributed by atoms with Crippen molar-refractivity contribution in [1.29, 1.82) is 0 Å². The van der Waals surface area contributed by atoms with Gasteiger partial charge in [-0.1, -0.05) is 0 Å². The van der Waals surface area contributed by atoms with Crippen molar-refractivity contribution in [2.75, 3.05) is 21.3 Å². The molecule has 0 fully saturated rings. The largest absolute Gasteiger partial charge is 0.492 e. The predicted molar refractivity (Wildman–Crippen MR) is 93.7 cm³/mol. The third-order valence-electron chi connectivity index (χ3n) is 4.55. The lowest BCUT2D eigenvalue weighted by molar-refractivity contribution is 0.179. The number of methoxy groups -OCH3 is 3. The van der Waals surface area contributed by atoms with Gasteiger partial charge in [-0.15, -0.1) is 0 Å². The first-order valence-electron chi connectivity index (χ1n) is 8.07. The number of hydrogen-bond acceptors (Lipinski definition) is 6. The molecule has 0 saturated heterocycles. The molecule has 1 aromatic carbocycles. The van der Waals surface area contributed by atoms with Crippen LogP contribution in [0.5, 0.6) is 17.2 Å². The number of aliphatic hydroxyl groups excluding tert-OH is 1. The number of aliphatic hydroxyl groups is 1. The Labute approximate surface area is 145 Å². The molecule has 1 atom stereocenters. The van der Waals surface area contributed by atoms with Crippen molar-refractivity contribution in [3.05, 3.63) is 35.7 Å². The van der Waals surface area contributed by atoms with E-state index in [-0.39, 0.29) is 0 Å². The maximum atomic E-state index is 10.1. The summed E-state index contributed by atoms with van der Waals surface area (Å²) in [4.78, 5) is 4.51. The maximum Gasteiger partial charge on any atom is 0.204 e. The molecule has 1 N–H and O–H groups in total. The second kappa shape index (κ2) is 5.97. The van der Waals surface area contributed by atoms with E-state index in [4.69, 9.17) is 18.9 Å². The highest BCUT2D eigenvalue weighted by Crippen LogP contribution is 2.53. The zero-order valence-electron chi connectivity index (χ0n) is 14.3. The Morgan fingerprint density at radius 3 is 2.36 bits per heavy atom. The quantitative estimate of drug-likeness (QED) is 0.925. The van der Waals surface area contributed by atoms with Gasteiger partial charge in [0.1, 0.15) is 17.2 Å². The second-order valence-electron chi connectivity index (χ2n) is 5.92.